The van der Waals surface area contributed by atoms with Crippen molar-refractivity contribution in [1.29, 1.82) is 5.26 Å². The Kier molecular flexibility index (Phi) is 9.00. The molecule has 7 nitrogen and oxygen atoms in total. The third-order valence-corrected chi connectivity index (χ3v) is 13.0. The summed E-state index contributed by atoms with van der Waals surface area (Å²) in [4.78, 5) is 14.3. The Morgan fingerprint density at radius 2 is 1.83 bits per heavy atom. The number of hydrogen-bond acceptors (Lipinski definition) is 6. The highest BCUT2D eigenvalue weighted by Gasteiger charge is 2.37. The fourth-order valence-electron chi connectivity index (χ4n) is 5.00. The van der Waals surface area contributed by atoms with Crippen molar-refractivity contribution in [3.8, 4) is 17.2 Å². The number of fused-ring (bicyclic) bond motifs is 1. The van der Waals surface area contributed by atoms with Crippen molar-refractivity contribution in [3.63, 3.8) is 0 Å². The van der Waals surface area contributed by atoms with Gasteiger partial charge in [0, 0.05) is 24.0 Å². The van der Waals surface area contributed by atoms with Crippen LogP contribution in [-0.4, -0.2) is 43.2 Å². The molecule has 2 aromatic carbocycles. The van der Waals surface area contributed by atoms with Gasteiger partial charge in [-0.2, -0.15) is 5.26 Å². The monoisotopic (exact) mass is 575 g/mol. The summed E-state index contributed by atoms with van der Waals surface area (Å²) in [6.07, 6.45) is 3.50. The van der Waals surface area contributed by atoms with E-state index in [2.05, 4.69) is 57.2 Å². The second-order valence-electron chi connectivity index (χ2n) is 13.8. The number of likely N-dealkylation sites (tertiary alicyclic amines) is 1. The molecule has 0 atom stereocenters. The molecule has 1 aromatic heterocycles. The highest BCUT2D eigenvalue weighted by molar-refractivity contribution is 6.74. The van der Waals surface area contributed by atoms with E-state index < -0.39 is 13.9 Å². The number of piperidine rings is 1. The summed E-state index contributed by atoms with van der Waals surface area (Å²) < 4.78 is 18.3. The molecule has 1 aliphatic heterocycles. The van der Waals surface area contributed by atoms with E-state index in [1.807, 2.05) is 49.9 Å². The molecule has 0 unspecified atom stereocenters. The van der Waals surface area contributed by atoms with Crippen LogP contribution in [0.5, 0.6) is 0 Å². The van der Waals surface area contributed by atoms with E-state index in [9.17, 15) is 10.1 Å². The average Bonchev–Trinajstić information content (AvgIpc) is 3.32. The molecular formula is C33H45N3O4Si. The second-order valence-corrected chi connectivity index (χ2v) is 18.6. The van der Waals surface area contributed by atoms with Crippen LogP contribution < -0.4 is 0 Å². The van der Waals surface area contributed by atoms with Gasteiger partial charge in [0.2, 0.25) is 0 Å². The first-order chi connectivity index (χ1) is 19.2. The molecule has 3 aromatic rings. The number of benzene rings is 2. The normalized spacial score (nSPS) is 15.2. The topological polar surface area (TPSA) is 88.6 Å². The summed E-state index contributed by atoms with van der Waals surface area (Å²) in [5.41, 5.74) is 4.81. The molecule has 2 heterocycles. The fourth-order valence-corrected chi connectivity index (χ4v) is 5.94. The minimum Gasteiger partial charge on any atom is -0.444 e. The van der Waals surface area contributed by atoms with Gasteiger partial charge in [-0.05, 0) is 99.8 Å². The number of nitrogens with zero attached hydrogens (tertiary/aromatic N) is 3. The van der Waals surface area contributed by atoms with Crippen LogP contribution in [-0.2, 0) is 22.2 Å². The number of carbonyl (C=O) groups excluding carboxylic acids is 1. The minimum absolute atomic E-state index is 0.0768. The summed E-state index contributed by atoms with van der Waals surface area (Å²) in [6.45, 7) is 18.8. The zero-order chi connectivity index (χ0) is 30.0. The molecule has 0 spiro atoms. The molecule has 1 amide bonds. The maximum atomic E-state index is 12.4. The first-order valence-corrected chi connectivity index (χ1v) is 17.6. The van der Waals surface area contributed by atoms with Crippen LogP contribution in [0.25, 0.3) is 22.1 Å². The van der Waals surface area contributed by atoms with Gasteiger partial charge < -0.3 is 18.6 Å². The van der Waals surface area contributed by atoms with Gasteiger partial charge in [-0.15, -0.1) is 0 Å². The summed E-state index contributed by atoms with van der Waals surface area (Å²) >= 11 is 0. The van der Waals surface area contributed by atoms with Crippen LogP contribution in [0.4, 0.5) is 4.79 Å². The van der Waals surface area contributed by atoms with Gasteiger partial charge in [-0.25, -0.2) is 4.79 Å². The van der Waals surface area contributed by atoms with Crippen LogP contribution in [0.2, 0.25) is 18.1 Å². The third-order valence-electron chi connectivity index (χ3n) is 8.56. The molecule has 1 saturated heterocycles. The molecule has 0 aliphatic carbocycles. The predicted octanol–water partition coefficient (Wildman–Crippen LogP) is 8.47. The molecule has 220 valence electrons. The largest absolute Gasteiger partial charge is 0.444 e. The zero-order valence-corrected chi connectivity index (χ0v) is 27.0. The molecule has 0 saturated carbocycles. The van der Waals surface area contributed by atoms with E-state index in [4.69, 9.17) is 13.7 Å². The van der Waals surface area contributed by atoms with Crippen LogP contribution in [0, 0.1) is 17.2 Å². The van der Waals surface area contributed by atoms with Crippen LogP contribution in [0.3, 0.4) is 0 Å². The molecule has 0 radical (unpaired) electrons. The molecule has 1 fully saturated rings. The lowest BCUT2D eigenvalue weighted by molar-refractivity contribution is 0.0181. The number of nitriles is 1. The van der Waals surface area contributed by atoms with E-state index in [1.165, 1.54) is 0 Å². The lowest BCUT2D eigenvalue weighted by Crippen LogP contribution is -2.41. The van der Waals surface area contributed by atoms with Crippen molar-refractivity contribution in [1.82, 2.24) is 10.1 Å². The Morgan fingerprint density at radius 1 is 1.12 bits per heavy atom. The number of aromatic nitrogens is 1. The van der Waals surface area contributed by atoms with Gasteiger partial charge in [0.05, 0.1) is 23.9 Å². The van der Waals surface area contributed by atoms with Crippen molar-refractivity contribution in [2.24, 2.45) is 5.92 Å². The van der Waals surface area contributed by atoms with E-state index in [1.54, 1.807) is 0 Å². The van der Waals surface area contributed by atoms with E-state index >= 15 is 0 Å². The first kappa shape index (κ1) is 30.8. The van der Waals surface area contributed by atoms with Gasteiger partial charge in [-0.3, -0.25) is 0 Å². The highest BCUT2D eigenvalue weighted by atomic mass is 28.4. The second kappa shape index (κ2) is 12.0. The van der Waals surface area contributed by atoms with Crippen LogP contribution in [0.1, 0.15) is 77.6 Å². The van der Waals surface area contributed by atoms with Crippen molar-refractivity contribution in [3.05, 3.63) is 53.2 Å². The molecular weight excluding hydrogens is 530 g/mol. The van der Waals surface area contributed by atoms with Crippen molar-refractivity contribution < 1.29 is 18.5 Å². The van der Waals surface area contributed by atoms with Crippen LogP contribution >= 0.6 is 0 Å². The summed E-state index contributed by atoms with van der Waals surface area (Å²) in [6, 6.07) is 14.1. The first-order valence-electron chi connectivity index (χ1n) is 14.7. The SMILES string of the molecule is CC(C)(C)OC(=O)N1CCC(CCc2noc3c(CO[Si](C)(C)C(C)(C)C)c(-c4cccc(C#N)c4)ccc23)CC1. The van der Waals surface area contributed by atoms with Crippen molar-refractivity contribution in [2.75, 3.05) is 13.1 Å². The van der Waals surface area contributed by atoms with Gasteiger partial charge >= 0.3 is 6.09 Å². The molecule has 8 heteroatoms. The zero-order valence-electron chi connectivity index (χ0n) is 26.0. The van der Waals surface area contributed by atoms with Crippen molar-refractivity contribution >= 4 is 25.4 Å². The molecule has 4 rings (SSSR count). The van der Waals surface area contributed by atoms with Gasteiger partial charge in [0.25, 0.3) is 0 Å². The Morgan fingerprint density at radius 3 is 2.46 bits per heavy atom. The standard InChI is InChI=1S/C33H45N3O4Si/c1-32(2,3)39-31(37)36-18-16-23(17-19-36)12-15-29-27-14-13-26(25-11-9-10-24(20-25)21-34)28(30(27)40-35-29)22-38-41(7,8)33(4,5)6/h9-11,13-14,20,23H,12,15-19,22H2,1-8H3. The number of carbonyl (C=O) groups is 1. The lowest BCUT2D eigenvalue weighted by atomic mass is 9.91. The van der Waals surface area contributed by atoms with E-state index in [-0.39, 0.29) is 11.1 Å². The quantitative estimate of drug-likeness (QED) is 0.263. The van der Waals surface area contributed by atoms with Gasteiger partial charge in [-0.1, -0.05) is 44.1 Å². The summed E-state index contributed by atoms with van der Waals surface area (Å²) in [7, 11) is -2.03. The number of aryl methyl sites for hydroxylation is 1. The average molecular weight is 576 g/mol. The maximum absolute atomic E-state index is 12.4. The number of ether oxygens (including phenoxy) is 1. The van der Waals surface area contributed by atoms with Gasteiger partial charge in [0.15, 0.2) is 13.9 Å². The van der Waals surface area contributed by atoms with E-state index in [0.29, 0.717) is 18.1 Å². The lowest BCUT2D eigenvalue weighted by Gasteiger charge is -2.36. The Bertz CT molecular complexity index is 1420. The Labute approximate surface area is 245 Å². The Hall–Kier alpha value is -3.15. The smallest absolute Gasteiger partial charge is 0.410 e. The summed E-state index contributed by atoms with van der Waals surface area (Å²) in [5.74, 6) is 0.523. The Balaban J connectivity index is 1.54. The molecule has 0 N–H and O–H groups in total. The number of amides is 1. The third kappa shape index (κ3) is 7.38. The molecule has 0 bridgehead atoms. The maximum Gasteiger partial charge on any atom is 0.410 e. The van der Waals surface area contributed by atoms with E-state index in [0.717, 1.165) is 72.1 Å². The van der Waals surface area contributed by atoms with Gasteiger partial charge in [0.1, 0.15) is 5.60 Å². The molecule has 41 heavy (non-hydrogen) atoms. The predicted molar refractivity (Wildman–Crippen MR) is 165 cm³/mol. The van der Waals surface area contributed by atoms with Crippen molar-refractivity contribution in [2.45, 2.75) is 97.6 Å². The number of rotatable bonds is 7. The summed E-state index contributed by atoms with van der Waals surface area (Å²) in [5, 5.41) is 15.1. The highest BCUT2D eigenvalue weighted by Crippen LogP contribution is 2.39. The fraction of sp³-hybridized carbons (Fsp3) is 0.545. The minimum atomic E-state index is -2.03. The van der Waals surface area contributed by atoms with Crippen LogP contribution in [0.15, 0.2) is 40.9 Å². The molecule has 1 aliphatic rings. The number of hydrogen-bond donors (Lipinski definition) is 0.